The number of para-hydroxylation sites is 1. The van der Waals surface area contributed by atoms with Gasteiger partial charge in [0.2, 0.25) is 5.91 Å². The van der Waals surface area contributed by atoms with Crippen molar-refractivity contribution < 1.29 is 4.79 Å². The molecule has 0 spiro atoms. The number of nitrogens with two attached hydrogens (primary N) is 1. The van der Waals surface area contributed by atoms with Crippen LogP contribution in [0, 0.1) is 5.92 Å². The first-order valence-electron chi connectivity index (χ1n) is 5.45. The molecule has 1 aromatic carbocycles. The predicted molar refractivity (Wildman–Crippen MR) is 78.3 cm³/mol. The summed E-state index contributed by atoms with van der Waals surface area (Å²) in [6, 6.07) is 7.58. The number of hydrogen-bond acceptors (Lipinski definition) is 3. The van der Waals surface area contributed by atoms with E-state index in [1.54, 1.807) is 11.8 Å². The van der Waals surface area contributed by atoms with E-state index in [-0.39, 0.29) is 5.91 Å². The van der Waals surface area contributed by atoms with Crippen molar-refractivity contribution >= 4 is 39.3 Å². The third kappa shape index (κ3) is 5.57. The summed E-state index contributed by atoms with van der Waals surface area (Å²) in [5.41, 5.74) is 6.32. The molecule has 0 aliphatic carbocycles. The summed E-state index contributed by atoms with van der Waals surface area (Å²) in [5.74, 6) is 1.85. The molecule has 5 heteroatoms. The number of anilines is 1. The molecule has 0 fully saturated rings. The van der Waals surface area contributed by atoms with Gasteiger partial charge in [0.25, 0.3) is 0 Å². The summed E-state index contributed by atoms with van der Waals surface area (Å²) >= 11 is 5.00. The monoisotopic (exact) mass is 316 g/mol. The summed E-state index contributed by atoms with van der Waals surface area (Å²) < 4.78 is 0.897. The lowest BCUT2D eigenvalue weighted by Gasteiger charge is -2.09. The summed E-state index contributed by atoms with van der Waals surface area (Å²) in [5, 5.41) is 2.86. The van der Waals surface area contributed by atoms with Gasteiger partial charge in [-0.1, -0.05) is 19.1 Å². The van der Waals surface area contributed by atoms with Crippen LogP contribution in [-0.4, -0.2) is 24.0 Å². The summed E-state index contributed by atoms with van der Waals surface area (Å²) in [4.78, 5) is 11.7. The van der Waals surface area contributed by atoms with Crippen LogP contribution in [0.25, 0.3) is 0 Å². The number of halogens is 1. The van der Waals surface area contributed by atoms with Crippen LogP contribution < -0.4 is 11.1 Å². The van der Waals surface area contributed by atoms with Crippen molar-refractivity contribution in [1.82, 2.24) is 0 Å². The highest BCUT2D eigenvalue weighted by Gasteiger charge is 2.06. The van der Waals surface area contributed by atoms with E-state index >= 15 is 0 Å². The van der Waals surface area contributed by atoms with Gasteiger partial charge in [-0.05, 0) is 46.3 Å². The van der Waals surface area contributed by atoms with Gasteiger partial charge in [0.05, 0.1) is 11.4 Å². The van der Waals surface area contributed by atoms with Crippen LogP contribution in [0.2, 0.25) is 0 Å². The van der Waals surface area contributed by atoms with Crippen molar-refractivity contribution in [2.75, 3.05) is 23.4 Å². The van der Waals surface area contributed by atoms with Gasteiger partial charge in [-0.25, -0.2) is 0 Å². The number of carbonyl (C=O) groups is 1. The molecule has 3 nitrogen and oxygen atoms in total. The van der Waals surface area contributed by atoms with Crippen molar-refractivity contribution in [3.8, 4) is 0 Å². The molecule has 0 aromatic heterocycles. The van der Waals surface area contributed by atoms with E-state index in [0.29, 0.717) is 18.2 Å². The van der Waals surface area contributed by atoms with Gasteiger partial charge in [0.15, 0.2) is 0 Å². The number of nitrogens with one attached hydrogen (secondary N) is 1. The molecule has 0 heterocycles. The second-order valence-corrected chi connectivity index (χ2v) is 5.77. The van der Waals surface area contributed by atoms with E-state index in [4.69, 9.17) is 5.73 Å². The molecule has 1 amide bonds. The summed E-state index contributed by atoms with van der Waals surface area (Å²) in [7, 11) is 0. The average molecular weight is 317 g/mol. The second-order valence-electron chi connectivity index (χ2n) is 3.88. The minimum atomic E-state index is 0.0196. The quantitative estimate of drug-likeness (QED) is 0.848. The van der Waals surface area contributed by atoms with Crippen LogP contribution in [0.15, 0.2) is 28.7 Å². The molecule has 94 valence electrons. The number of benzene rings is 1. The van der Waals surface area contributed by atoms with Gasteiger partial charge >= 0.3 is 0 Å². The van der Waals surface area contributed by atoms with Gasteiger partial charge in [0.1, 0.15) is 0 Å². The Morgan fingerprint density at radius 1 is 1.53 bits per heavy atom. The van der Waals surface area contributed by atoms with Crippen LogP contribution in [0.1, 0.15) is 6.92 Å². The molecule has 0 bridgehead atoms. The molecule has 0 saturated heterocycles. The van der Waals surface area contributed by atoms with Crippen LogP contribution in [-0.2, 0) is 4.79 Å². The Labute approximate surface area is 115 Å². The molecule has 17 heavy (non-hydrogen) atoms. The SMILES string of the molecule is CC(CN)CSCC(=O)Nc1ccccc1Br. The number of rotatable bonds is 6. The number of amides is 1. The molecule has 1 rings (SSSR count). The molecular formula is C12H17BrN2OS. The maximum atomic E-state index is 11.7. The molecule has 0 saturated carbocycles. The normalized spacial score (nSPS) is 12.2. The van der Waals surface area contributed by atoms with E-state index in [1.165, 1.54) is 0 Å². The van der Waals surface area contributed by atoms with E-state index in [1.807, 2.05) is 24.3 Å². The highest BCUT2D eigenvalue weighted by molar-refractivity contribution is 9.10. The smallest absolute Gasteiger partial charge is 0.234 e. The fourth-order valence-corrected chi connectivity index (χ4v) is 2.47. The lowest BCUT2D eigenvalue weighted by molar-refractivity contribution is -0.113. The van der Waals surface area contributed by atoms with Crippen molar-refractivity contribution in [3.63, 3.8) is 0 Å². The van der Waals surface area contributed by atoms with Gasteiger partial charge in [-0.2, -0.15) is 11.8 Å². The average Bonchev–Trinajstić information content (AvgIpc) is 2.32. The van der Waals surface area contributed by atoms with Crippen molar-refractivity contribution in [2.24, 2.45) is 11.7 Å². The minimum Gasteiger partial charge on any atom is -0.330 e. The van der Waals surface area contributed by atoms with Crippen molar-refractivity contribution in [3.05, 3.63) is 28.7 Å². The number of thioether (sulfide) groups is 1. The topological polar surface area (TPSA) is 55.1 Å². The molecular weight excluding hydrogens is 300 g/mol. The Morgan fingerprint density at radius 2 is 2.24 bits per heavy atom. The number of carbonyl (C=O) groups excluding carboxylic acids is 1. The highest BCUT2D eigenvalue weighted by Crippen LogP contribution is 2.21. The maximum Gasteiger partial charge on any atom is 0.234 e. The molecule has 1 aromatic rings. The lowest BCUT2D eigenvalue weighted by atomic mass is 10.2. The number of hydrogen-bond donors (Lipinski definition) is 2. The minimum absolute atomic E-state index is 0.0196. The first kappa shape index (κ1) is 14.5. The predicted octanol–water partition coefficient (Wildman–Crippen LogP) is 2.72. The Morgan fingerprint density at radius 3 is 2.88 bits per heavy atom. The molecule has 0 radical (unpaired) electrons. The molecule has 0 aliphatic heterocycles. The standard InChI is InChI=1S/C12H17BrN2OS/c1-9(6-14)7-17-8-12(16)15-11-5-3-2-4-10(11)13/h2-5,9H,6-8,14H2,1H3,(H,15,16). The zero-order chi connectivity index (χ0) is 12.7. The van der Waals surface area contributed by atoms with Crippen molar-refractivity contribution in [1.29, 1.82) is 0 Å². The van der Waals surface area contributed by atoms with E-state index in [0.717, 1.165) is 15.9 Å². The van der Waals surface area contributed by atoms with Gasteiger partial charge < -0.3 is 11.1 Å². The largest absolute Gasteiger partial charge is 0.330 e. The fraction of sp³-hybridized carbons (Fsp3) is 0.417. The molecule has 1 atom stereocenters. The zero-order valence-electron chi connectivity index (χ0n) is 9.78. The first-order valence-corrected chi connectivity index (χ1v) is 7.40. The maximum absolute atomic E-state index is 11.7. The molecule has 3 N–H and O–H groups in total. The lowest BCUT2D eigenvalue weighted by Crippen LogP contribution is -2.17. The summed E-state index contributed by atoms with van der Waals surface area (Å²) in [6.45, 7) is 2.75. The summed E-state index contributed by atoms with van der Waals surface area (Å²) in [6.07, 6.45) is 0. The Hall–Kier alpha value is -0.520. The second kappa shape index (κ2) is 7.74. The van der Waals surface area contributed by atoms with Crippen LogP contribution in [0.5, 0.6) is 0 Å². The Bertz CT molecular complexity index is 373. The van der Waals surface area contributed by atoms with E-state index < -0.39 is 0 Å². The van der Waals surface area contributed by atoms with Gasteiger partial charge in [0, 0.05) is 4.47 Å². The Kier molecular flexibility index (Phi) is 6.62. The Balaban J connectivity index is 2.33. The fourth-order valence-electron chi connectivity index (χ4n) is 1.17. The van der Waals surface area contributed by atoms with Gasteiger partial charge in [-0.3, -0.25) is 4.79 Å². The zero-order valence-corrected chi connectivity index (χ0v) is 12.2. The van der Waals surface area contributed by atoms with Crippen LogP contribution >= 0.6 is 27.7 Å². The van der Waals surface area contributed by atoms with E-state index in [2.05, 4.69) is 28.2 Å². The third-order valence-corrected chi connectivity index (χ3v) is 4.15. The third-order valence-electron chi connectivity index (χ3n) is 2.19. The van der Waals surface area contributed by atoms with Gasteiger partial charge in [-0.15, -0.1) is 0 Å². The van der Waals surface area contributed by atoms with Crippen LogP contribution in [0.4, 0.5) is 5.69 Å². The first-order chi connectivity index (χ1) is 8.13. The van der Waals surface area contributed by atoms with E-state index in [9.17, 15) is 4.79 Å². The highest BCUT2D eigenvalue weighted by atomic mass is 79.9. The van der Waals surface area contributed by atoms with Crippen LogP contribution in [0.3, 0.4) is 0 Å². The molecule has 0 aliphatic rings. The molecule has 1 unspecified atom stereocenters. The van der Waals surface area contributed by atoms with Crippen molar-refractivity contribution in [2.45, 2.75) is 6.92 Å².